The van der Waals surface area contributed by atoms with Crippen LogP contribution in [0.5, 0.6) is 5.75 Å². The molecule has 0 aliphatic carbocycles. The summed E-state index contributed by atoms with van der Waals surface area (Å²) in [6.07, 6.45) is -2.09. The van der Waals surface area contributed by atoms with Crippen molar-refractivity contribution in [3.8, 4) is 5.75 Å². The molecule has 122 valence electrons. The number of rotatable bonds is 4. The average molecular weight is 386 g/mol. The van der Waals surface area contributed by atoms with Gasteiger partial charge in [0.1, 0.15) is 12.2 Å². The number of benzene rings is 1. The molecular weight excluding hydrogens is 370 g/mol. The molecule has 0 N–H and O–H groups in total. The fourth-order valence-electron chi connectivity index (χ4n) is 2.14. The Kier molecular flexibility index (Phi) is 5.66. The minimum atomic E-state index is -2.42. The van der Waals surface area contributed by atoms with Gasteiger partial charge in [-0.15, -0.1) is 0 Å². The molecule has 0 saturated heterocycles. The van der Waals surface area contributed by atoms with E-state index in [9.17, 15) is 8.78 Å². The molecule has 0 radical (unpaired) electrons. The van der Waals surface area contributed by atoms with Crippen molar-refractivity contribution in [1.29, 1.82) is 0 Å². The zero-order valence-corrected chi connectivity index (χ0v) is 14.3. The molecular formula is C15H16BrF2N4O+. The Morgan fingerprint density at radius 2 is 2.26 bits per heavy atom. The highest BCUT2D eigenvalue weighted by atomic mass is 79.9. The predicted octanol–water partition coefficient (Wildman–Crippen LogP) is 3.72. The number of ether oxygens (including phenoxy) is 1. The second kappa shape index (κ2) is 7.51. The predicted molar refractivity (Wildman–Crippen MR) is 87.5 cm³/mol. The van der Waals surface area contributed by atoms with Gasteiger partial charge in [-0.25, -0.2) is 13.6 Å². The smallest absolute Gasteiger partial charge is 0.380 e. The molecule has 0 spiro atoms. The van der Waals surface area contributed by atoms with Gasteiger partial charge >= 0.3 is 5.90 Å². The molecule has 0 fully saturated rings. The molecule has 0 aromatic heterocycles. The third-order valence-electron chi connectivity index (χ3n) is 3.31. The van der Waals surface area contributed by atoms with Crippen molar-refractivity contribution in [3.05, 3.63) is 34.1 Å². The van der Waals surface area contributed by atoms with Gasteiger partial charge in [0.15, 0.2) is 18.6 Å². The molecule has 0 amide bonds. The second-order valence-electron chi connectivity index (χ2n) is 4.87. The fourth-order valence-corrected chi connectivity index (χ4v) is 2.47. The van der Waals surface area contributed by atoms with Crippen LogP contribution in [0.4, 0.5) is 14.5 Å². The maximum atomic E-state index is 12.6. The van der Waals surface area contributed by atoms with E-state index in [0.717, 1.165) is 0 Å². The summed E-state index contributed by atoms with van der Waals surface area (Å²) >= 11 is 3.37. The number of alkyl halides is 2. The average Bonchev–Trinajstić information content (AvgIpc) is 2.87. The van der Waals surface area contributed by atoms with Crippen molar-refractivity contribution in [1.82, 2.24) is 4.90 Å². The van der Waals surface area contributed by atoms with Crippen LogP contribution in [0.3, 0.4) is 0 Å². The lowest BCUT2D eigenvalue weighted by atomic mass is 10.3. The third-order valence-corrected chi connectivity index (χ3v) is 3.97. The molecule has 1 heterocycles. The molecule has 8 heteroatoms. The highest BCUT2D eigenvalue weighted by molar-refractivity contribution is 9.10. The summed E-state index contributed by atoms with van der Waals surface area (Å²) < 4.78 is 33.3. The van der Waals surface area contributed by atoms with Gasteiger partial charge in [-0.1, -0.05) is 16.8 Å². The number of amidine groups is 1. The van der Waals surface area contributed by atoms with E-state index in [0.29, 0.717) is 40.6 Å². The van der Waals surface area contributed by atoms with Crippen molar-refractivity contribution in [2.45, 2.75) is 19.8 Å². The van der Waals surface area contributed by atoms with E-state index >= 15 is 0 Å². The van der Waals surface area contributed by atoms with Crippen molar-refractivity contribution >= 4 is 33.4 Å². The number of hydrogen-bond donors (Lipinski definition) is 0. The van der Waals surface area contributed by atoms with Gasteiger partial charge in [-0.3, -0.25) is 0 Å². The maximum absolute atomic E-state index is 12.6. The summed E-state index contributed by atoms with van der Waals surface area (Å²) in [5, 5.41) is 4.27. The van der Waals surface area contributed by atoms with Crippen LogP contribution in [-0.4, -0.2) is 47.9 Å². The van der Waals surface area contributed by atoms with Gasteiger partial charge in [0, 0.05) is 11.6 Å². The molecule has 1 aliphatic heterocycles. The standard InChI is InChI=1S/C15H16BrF2N4O/c1-4-22(9-13(17)18)14-8-15(21(3)20-14)23-12-7-10(19-2)5-6-11(12)16/h5-7,13H,4,8-9H2,1,3H3/q+1. The first-order chi connectivity index (χ1) is 10.9. The maximum Gasteiger partial charge on any atom is 0.380 e. The summed E-state index contributed by atoms with van der Waals surface area (Å²) in [6.45, 7) is 8.95. The Bertz CT molecular complexity index is 697. The first-order valence-corrected chi connectivity index (χ1v) is 7.78. The number of nitrogens with zero attached hydrogens (tertiary/aromatic N) is 4. The van der Waals surface area contributed by atoms with Crippen LogP contribution in [0.2, 0.25) is 0 Å². The van der Waals surface area contributed by atoms with Crippen LogP contribution < -0.4 is 4.74 Å². The fraction of sp³-hybridized carbons (Fsp3) is 0.400. The van der Waals surface area contributed by atoms with Gasteiger partial charge in [0.2, 0.25) is 0 Å². The first-order valence-electron chi connectivity index (χ1n) is 6.99. The van der Waals surface area contributed by atoms with Crippen LogP contribution in [0.1, 0.15) is 13.3 Å². The van der Waals surface area contributed by atoms with Gasteiger partial charge < -0.3 is 9.64 Å². The van der Waals surface area contributed by atoms with Gasteiger partial charge in [0.25, 0.3) is 6.43 Å². The molecule has 1 aromatic carbocycles. The summed E-state index contributed by atoms with van der Waals surface area (Å²) in [6, 6.07) is 5.03. The van der Waals surface area contributed by atoms with Crippen molar-refractivity contribution < 1.29 is 18.2 Å². The Morgan fingerprint density at radius 1 is 1.52 bits per heavy atom. The van der Waals surface area contributed by atoms with Gasteiger partial charge in [-0.2, -0.15) is 0 Å². The number of hydrazone groups is 1. The van der Waals surface area contributed by atoms with Gasteiger partial charge in [0.05, 0.1) is 17.6 Å². The van der Waals surface area contributed by atoms with E-state index in [4.69, 9.17) is 11.3 Å². The monoisotopic (exact) mass is 385 g/mol. The molecule has 1 aliphatic rings. The van der Waals surface area contributed by atoms with Gasteiger partial charge in [-0.05, 0) is 28.9 Å². The Morgan fingerprint density at radius 3 is 2.87 bits per heavy atom. The molecule has 23 heavy (non-hydrogen) atoms. The van der Waals surface area contributed by atoms with E-state index < -0.39 is 6.43 Å². The first kappa shape index (κ1) is 17.3. The minimum absolute atomic E-state index is 0.325. The second-order valence-corrected chi connectivity index (χ2v) is 5.72. The Labute approximate surface area is 141 Å². The lowest BCUT2D eigenvalue weighted by molar-refractivity contribution is -0.506. The zero-order valence-electron chi connectivity index (χ0n) is 12.8. The molecule has 2 rings (SSSR count). The summed E-state index contributed by atoms with van der Waals surface area (Å²) in [7, 11) is 1.70. The minimum Gasteiger partial charge on any atom is -0.407 e. The van der Waals surface area contributed by atoms with E-state index in [2.05, 4.69) is 25.9 Å². The zero-order chi connectivity index (χ0) is 17.0. The third kappa shape index (κ3) is 4.26. The SMILES string of the molecule is [C-]#[N+]c1ccc(Br)c(OC2=[N+](C)N=C(N(CC)CC(F)F)C2)c1. The van der Waals surface area contributed by atoms with E-state index in [1.807, 2.05) is 0 Å². The van der Waals surface area contributed by atoms with E-state index in [1.165, 1.54) is 9.58 Å². The van der Waals surface area contributed by atoms with Crippen LogP contribution >= 0.6 is 15.9 Å². The highest BCUT2D eigenvalue weighted by Crippen LogP contribution is 2.30. The molecule has 0 bridgehead atoms. The highest BCUT2D eigenvalue weighted by Gasteiger charge is 2.31. The van der Waals surface area contributed by atoms with Crippen LogP contribution in [0.15, 0.2) is 27.8 Å². The molecule has 0 unspecified atom stereocenters. The van der Waals surface area contributed by atoms with Crippen LogP contribution in [0.25, 0.3) is 4.85 Å². The van der Waals surface area contributed by atoms with Crippen LogP contribution in [0, 0.1) is 6.57 Å². The van der Waals surface area contributed by atoms with Crippen molar-refractivity contribution in [3.63, 3.8) is 0 Å². The molecule has 0 atom stereocenters. The van der Waals surface area contributed by atoms with Crippen molar-refractivity contribution in [2.24, 2.45) is 5.10 Å². The topological polar surface area (TPSA) is 32.2 Å². The summed E-state index contributed by atoms with van der Waals surface area (Å²) in [4.78, 5) is 4.89. The lowest BCUT2D eigenvalue weighted by Gasteiger charge is -2.19. The molecule has 1 aromatic rings. The molecule has 0 saturated carbocycles. The normalized spacial score (nSPS) is 14.0. The lowest BCUT2D eigenvalue weighted by Crippen LogP contribution is -2.35. The van der Waals surface area contributed by atoms with E-state index in [1.54, 1.807) is 32.2 Å². The van der Waals surface area contributed by atoms with E-state index in [-0.39, 0.29) is 6.54 Å². The number of halogens is 3. The Balaban J connectivity index is 2.13. The number of hydrogen-bond acceptors (Lipinski definition) is 3. The Hall–Kier alpha value is -2.01. The van der Waals surface area contributed by atoms with Crippen molar-refractivity contribution in [2.75, 3.05) is 20.1 Å². The summed E-state index contributed by atoms with van der Waals surface area (Å²) in [5.41, 5.74) is 0.457. The largest absolute Gasteiger partial charge is 0.407 e. The molecule has 5 nitrogen and oxygen atoms in total. The van der Waals surface area contributed by atoms with Crippen LogP contribution in [-0.2, 0) is 0 Å². The summed E-state index contributed by atoms with van der Waals surface area (Å²) in [5.74, 6) is 1.56. The quantitative estimate of drug-likeness (QED) is 0.584.